The Morgan fingerprint density at radius 1 is 1.24 bits per heavy atom. The number of likely N-dealkylation sites (tertiary alicyclic amines) is 1. The largest absolute Gasteiger partial charge is 0.496 e. The molecule has 116 valence electrons. The Balaban J connectivity index is 1.60. The van der Waals surface area contributed by atoms with Crippen molar-refractivity contribution in [2.75, 3.05) is 46.5 Å². The Kier molecular flexibility index (Phi) is 4.37. The number of hydrogen-bond donors (Lipinski definition) is 0. The van der Waals surface area contributed by atoms with E-state index >= 15 is 0 Å². The quantitative estimate of drug-likeness (QED) is 0.841. The SMILES string of the molecule is COc1ccc(F)c(F)c1CN1CC(N2CCOCC2)C1. The molecule has 0 N–H and O–H groups in total. The van der Waals surface area contributed by atoms with Crippen LogP contribution < -0.4 is 4.74 Å². The van der Waals surface area contributed by atoms with Crippen molar-refractivity contribution in [2.24, 2.45) is 0 Å². The predicted octanol–water partition coefficient (Wildman–Crippen LogP) is 1.49. The second-order valence-electron chi connectivity index (χ2n) is 5.54. The Hall–Kier alpha value is -1.24. The van der Waals surface area contributed by atoms with E-state index in [0.717, 1.165) is 45.5 Å². The zero-order valence-corrected chi connectivity index (χ0v) is 12.1. The maximum atomic E-state index is 13.9. The van der Waals surface area contributed by atoms with E-state index in [0.29, 0.717) is 23.9 Å². The van der Waals surface area contributed by atoms with E-state index in [1.54, 1.807) is 0 Å². The summed E-state index contributed by atoms with van der Waals surface area (Å²) in [5, 5.41) is 0. The van der Waals surface area contributed by atoms with Gasteiger partial charge >= 0.3 is 0 Å². The molecule has 0 aromatic heterocycles. The van der Waals surface area contributed by atoms with Crippen LogP contribution in [0.4, 0.5) is 8.78 Å². The molecule has 2 fully saturated rings. The summed E-state index contributed by atoms with van der Waals surface area (Å²) in [4.78, 5) is 4.51. The fourth-order valence-corrected chi connectivity index (χ4v) is 2.98. The second kappa shape index (κ2) is 6.25. The predicted molar refractivity (Wildman–Crippen MR) is 74.4 cm³/mol. The molecule has 0 spiro atoms. The summed E-state index contributed by atoms with van der Waals surface area (Å²) in [6, 6.07) is 3.08. The molecular formula is C15H20F2N2O2. The van der Waals surface area contributed by atoms with Crippen LogP contribution in [0.3, 0.4) is 0 Å². The van der Waals surface area contributed by atoms with Gasteiger partial charge in [0.05, 0.1) is 20.3 Å². The van der Waals surface area contributed by atoms with Crippen LogP contribution in [-0.4, -0.2) is 62.3 Å². The number of morpholine rings is 1. The van der Waals surface area contributed by atoms with Crippen LogP contribution in [-0.2, 0) is 11.3 Å². The van der Waals surface area contributed by atoms with Gasteiger partial charge in [-0.1, -0.05) is 0 Å². The molecule has 6 heteroatoms. The highest BCUT2D eigenvalue weighted by molar-refractivity contribution is 5.35. The molecule has 0 bridgehead atoms. The first-order valence-electron chi connectivity index (χ1n) is 7.24. The minimum Gasteiger partial charge on any atom is -0.496 e. The van der Waals surface area contributed by atoms with E-state index in [1.165, 1.54) is 13.2 Å². The number of hydrogen-bond acceptors (Lipinski definition) is 4. The molecule has 4 nitrogen and oxygen atoms in total. The summed E-state index contributed by atoms with van der Waals surface area (Å²) >= 11 is 0. The number of benzene rings is 1. The number of halogens is 2. The zero-order chi connectivity index (χ0) is 14.8. The van der Waals surface area contributed by atoms with Crippen LogP contribution in [0.2, 0.25) is 0 Å². The molecule has 0 aliphatic carbocycles. The van der Waals surface area contributed by atoms with Crippen molar-refractivity contribution in [2.45, 2.75) is 12.6 Å². The lowest BCUT2D eigenvalue weighted by Gasteiger charge is -2.46. The first-order valence-corrected chi connectivity index (χ1v) is 7.24. The fourth-order valence-electron chi connectivity index (χ4n) is 2.98. The summed E-state index contributed by atoms with van der Waals surface area (Å²) in [6.45, 7) is 5.60. The highest BCUT2D eigenvalue weighted by Gasteiger charge is 2.33. The number of methoxy groups -OCH3 is 1. The summed E-state index contributed by atoms with van der Waals surface area (Å²) in [5.74, 6) is -1.22. The van der Waals surface area contributed by atoms with Gasteiger partial charge in [0.25, 0.3) is 0 Å². The molecule has 0 saturated carbocycles. The van der Waals surface area contributed by atoms with Crippen LogP contribution in [0.5, 0.6) is 5.75 Å². The molecular weight excluding hydrogens is 278 g/mol. The van der Waals surface area contributed by atoms with E-state index in [9.17, 15) is 8.78 Å². The zero-order valence-electron chi connectivity index (χ0n) is 12.1. The van der Waals surface area contributed by atoms with E-state index < -0.39 is 11.6 Å². The third-order valence-corrected chi connectivity index (χ3v) is 4.25. The van der Waals surface area contributed by atoms with Crippen LogP contribution >= 0.6 is 0 Å². The second-order valence-corrected chi connectivity index (χ2v) is 5.54. The van der Waals surface area contributed by atoms with Crippen molar-refractivity contribution in [3.8, 4) is 5.75 Å². The normalized spacial score (nSPS) is 21.3. The fraction of sp³-hybridized carbons (Fsp3) is 0.600. The van der Waals surface area contributed by atoms with Crippen molar-refractivity contribution in [3.63, 3.8) is 0 Å². The van der Waals surface area contributed by atoms with Crippen LogP contribution in [0.25, 0.3) is 0 Å². The molecule has 21 heavy (non-hydrogen) atoms. The average Bonchev–Trinajstić information content (AvgIpc) is 2.47. The van der Waals surface area contributed by atoms with Gasteiger partial charge in [0, 0.05) is 44.3 Å². The lowest BCUT2D eigenvalue weighted by molar-refractivity contribution is -0.0348. The smallest absolute Gasteiger partial charge is 0.167 e. The first kappa shape index (κ1) is 14.7. The molecule has 1 aromatic rings. The van der Waals surface area contributed by atoms with Crippen LogP contribution in [0.15, 0.2) is 12.1 Å². The van der Waals surface area contributed by atoms with E-state index in [2.05, 4.69) is 9.80 Å². The van der Waals surface area contributed by atoms with Gasteiger partial charge < -0.3 is 9.47 Å². The highest BCUT2D eigenvalue weighted by atomic mass is 19.2. The molecule has 2 saturated heterocycles. The molecule has 0 unspecified atom stereocenters. The van der Waals surface area contributed by atoms with Crippen LogP contribution in [0, 0.1) is 11.6 Å². The Morgan fingerprint density at radius 3 is 2.62 bits per heavy atom. The van der Waals surface area contributed by atoms with Gasteiger partial charge in [-0.15, -0.1) is 0 Å². The standard InChI is InChI=1S/C15H20F2N2O2/c1-20-14-3-2-13(16)15(17)12(14)10-18-8-11(9-18)19-4-6-21-7-5-19/h2-3,11H,4-10H2,1H3. The van der Waals surface area contributed by atoms with Gasteiger partial charge in [-0.2, -0.15) is 0 Å². The van der Waals surface area contributed by atoms with Gasteiger partial charge in [0.15, 0.2) is 11.6 Å². The molecule has 0 radical (unpaired) electrons. The number of nitrogens with zero attached hydrogens (tertiary/aromatic N) is 2. The number of rotatable bonds is 4. The summed E-state index contributed by atoms with van der Waals surface area (Å²) < 4.78 is 37.7. The van der Waals surface area contributed by atoms with Crippen LogP contribution in [0.1, 0.15) is 5.56 Å². The Labute approximate surface area is 123 Å². The van der Waals surface area contributed by atoms with E-state index in [1.807, 2.05) is 0 Å². The highest BCUT2D eigenvalue weighted by Crippen LogP contribution is 2.27. The van der Waals surface area contributed by atoms with E-state index in [-0.39, 0.29) is 0 Å². The Bertz CT molecular complexity index is 501. The van der Waals surface area contributed by atoms with Gasteiger partial charge in [-0.3, -0.25) is 9.80 Å². The molecule has 1 aromatic carbocycles. The van der Waals surface area contributed by atoms with Crippen molar-refractivity contribution in [1.29, 1.82) is 0 Å². The molecule has 2 aliphatic rings. The third-order valence-electron chi connectivity index (χ3n) is 4.25. The van der Waals surface area contributed by atoms with Gasteiger partial charge in [0.2, 0.25) is 0 Å². The minimum absolute atomic E-state index is 0.304. The summed E-state index contributed by atoms with van der Waals surface area (Å²) in [5.41, 5.74) is 0.304. The third kappa shape index (κ3) is 3.02. The van der Waals surface area contributed by atoms with Crippen molar-refractivity contribution >= 4 is 0 Å². The lowest BCUT2D eigenvalue weighted by Crippen LogP contribution is -2.60. The monoisotopic (exact) mass is 298 g/mol. The van der Waals surface area contributed by atoms with E-state index in [4.69, 9.17) is 9.47 Å². The molecule has 0 amide bonds. The molecule has 0 atom stereocenters. The Morgan fingerprint density at radius 2 is 1.95 bits per heavy atom. The average molecular weight is 298 g/mol. The van der Waals surface area contributed by atoms with Gasteiger partial charge in [-0.25, -0.2) is 8.78 Å². The summed E-state index contributed by atoms with van der Waals surface area (Å²) in [6.07, 6.45) is 0. The van der Waals surface area contributed by atoms with Crippen molar-refractivity contribution in [3.05, 3.63) is 29.3 Å². The van der Waals surface area contributed by atoms with Gasteiger partial charge in [-0.05, 0) is 12.1 Å². The lowest BCUT2D eigenvalue weighted by atomic mass is 10.0. The summed E-state index contributed by atoms with van der Waals surface area (Å²) in [7, 11) is 1.48. The van der Waals surface area contributed by atoms with Crippen molar-refractivity contribution < 1.29 is 18.3 Å². The first-order chi connectivity index (χ1) is 10.2. The maximum absolute atomic E-state index is 13.9. The minimum atomic E-state index is -0.823. The molecule has 2 heterocycles. The number of ether oxygens (including phenoxy) is 2. The van der Waals surface area contributed by atoms with Crippen molar-refractivity contribution in [1.82, 2.24) is 9.80 Å². The topological polar surface area (TPSA) is 24.9 Å². The van der Waals surface area contributed by atoms with Gasteiger partial charge in [0.1, 0.15) is 5.75 Å². The maximum Gasteiger partial charge on any atom is 0.167 e. The molecule has 3 rings (SSSR count). The molecule has 2 aliphatic heterocycles.